The number of anilines is 1. The first-order chi connectivity index (χ1) is 8.95. The Morgan fingerprint density at radius 1 is 1.37 bits per heavy atom. The Bertz CT molecular complexity index is 530. The van der Waals surface area contributed by atoms with Gasteiger partial charge in [-0.3, -0.25) is 14.5 Å². The Labute approximate surface area is 117 Å². The van der Waals surface area contributed by atoms with E-state index < -0.39 is 12.1 Å². The molecule has 4 nitrogen and oxygen atoms in total. The van der Waals surface area contributed by atoms with Gasteiger partial charge in [0.1, 0.15) is 12.1 Å². The Balaban J connectivity index is 2.51. The summed E-state index contributed by atoms with van der Waals surface area (Å²) < 4.78 is 0. The van der Waals surface area contributed by atoms with Crippen LogP contribution in [0.2, 0.25) is 5.02 Å². The van der Waals surface area contributed by atoms with Gasteiger partial charge >= 0.3 is 0 Å². The van der Waals surface area contributed by atoms with Gasteiger partial charge in [0, 0.05) is 0 Å². The smallest absolute Gasteiger partial charge is 0.250 e. The number of benzene rings is 1. The Morgan fingerprint density at radius 2 is 2.05 bits per heavy atom. The molecule has 5 heteroatoms. The number of rotatable bonds is 2. The van der Waals surface area contributed by atoms with Gasteiger partial charge in [-0.25, -0.2) is 0 Å². The molecular weight excluding hydrogens is 264 g/mol. The van der Waals surface area contributed by atoms with Gasteiger partial charge in [-0.2, -0.15) is 0 Å². The van der Waals surface area contributed by atoms with Crippen LogP contribution >= 0.6 is 11.6 Å². The van der Waals surface area contributed by atoms with Crippen LogP contribution in [0.3, 0.4) is 0 Å². The molecule has 19 heavy (non-hydrogen) atoms. The second kappa shape index (κ2) is 5.21. The second-order valence-electron chi connectivity index (χ2n) is 4.82. The van der Waals surface area contributed by atoms with Crippen molar-refractivity contribution in [3.63, 3.8) is 0 Å². The molecule has 102 valence electrons. The van der Waals surface area contributed by atoms with Gasteiger partial charge in [0.2, 0.25) is 11.8 Å². The number of aryl methyl sites for hydroxylation is 1. The quantitative estimate of drug-likeness (QED) is 0.903. The van der Waals surface area contributed by atoms with Crippen molar-refractivity contribution in [2.24, 2.45) is 0 Å². The minimum Gasteiger partial charge on any atom is -0.343 e. The Hall–Kier alpha value is -1.55. The van der Waals surface area contributed by atoms with Crippen molar-refractivity contribution >= 4 is 29.1 Å². The Kier molecular flexibility index (Phi) is 3.80. The van der Waals surface area contributed by atoms with Gasteiger partial charge in [0.25, 0.3) is 0 Å². The maximum Gasteiger partial charge on any atom is 0.250 e. The molecule has 0 aliphatic carbocycles. The lowest BCUT2D eigenvalue weighted by Gasteiger charge is -2.38. The van der Waals surface area contributed by atoms with E-state index in [-0.39, 0.29) is 11.8 Å². The fourth-order valence-electron chi connectivity index (χ4n) is 2.31. The van der Waals surface area contributed by atoms with Crippen LogP contribution in [0.25, 0.3) is 0 Å². The molecule has 0 saturated carbocycles. The Morgan fingerprint density at radius 3 is 2.68 bits per heavy atom. The lowest BCUT2D eigenvalue weighted by Crippen LogP contribution is -2.62. The predicted octanol–water partition coefficient (Wildman–Crippen LogP) is 2.28. The fraction of sp³-hybridized carbons (Fsp3) is 0.429. The van der Waals surface area contributed by atoms with Crippen molar-refractivity contribution in [1.82, 2.24) is 5.32 Å². The molecule has 1 aromatic rings. The van der Waals surface area contributed by atoms with Gasteiger partial charge in [0.05, 0.1) is 10.7 Å². The van der Waals surface area contributed by atoms with Crippen LogP contribution in [0, 0.1) is 6.92 Å². The summed E-state index contributed by atoms with van der Waals surface area (Å²) in [5.74, 6) is -0.258. The third-order valence-corrected chi connectivity index (χ3v) is 3.65. The molecule has 1 aliphatic heterocycles. The van der Waals surface area contributed by atoms with Gasteiger partial charge in [-0.15, -0.1) is 0 Å². The molecule has 2 amide bonds. The van der Waals surface area contributed by atoms with Gasteiger partial charge in [-0.1, -0.05) is 24.6 Å². The highest BCUT2D eigenvalue weighted by atomic mass is 35.5. The highest BCUT2D eigenvalue weighted by Crippen LogP contribution is 2.31. The number of hydrogen-bond acceptors (Lipinski definition) is 2. The zero-order chi connectivity index (χ0) is 14.2. The molecule has 2 unspecified atom stereocenters. The van der Waals surface area contributed by atoms with E-state index in [2.05, 4.69) is 5.32 Å². The minimum absolute atomic E-state index is 0.126. The van der Waals surface area contributed by atoms with Crippen LogP contribution in [0.4, 0.5) is 5.69 Å². The standard InChI is InChI=1S/C14H17ClN2O2/c1-4-11-13(18)16-9(3)14(19)17(11)12-7-8(2)5-6-10(12)15/h5-7,9,11H,4H2,1-3H3,(H,16,18). The van der Waals surface area contributed by atoms with Crippen molar-refractivity contribution < 1.29 is 9.59 Å². The summed E-state index contributed by atoms with van der Waals surface area (Å²) in [6.07, 6.45) is 0.550. The average molecular weight is 281 g/mol. The third kappa shape index (κ3) is 2.45. The number of carbonyl (C=O) groups excluding carboxylic acids is 2. The zero-order valence-corrected chi connectivity index (χ0v) is 12.0. The first kappa shape index (κ1) is 13.9. The number of nitrogens with zero attached hydrogens (tertiary/aromatic N) is 1. The maximum absolute atomic E-state index is 12.4. The number of hydrogen-bond donors (Lipinski definition) is 1. The summed E-state index contributed by atoms with van der Waals surface area (Å²) in [5.41, 5.74) is 1.61. The SMILES string of the molecule is CCC1C(=O)NC(C)C(=O)N1c1cc(C)ccc1Cl. The summed E-state index contributed by atoms with van der Waals surface area (Å²) in [5, 5.41) is 3.18. The highest BCUT2D eigenvalue weighted by Gasteiger charge is 2.39. The molecule has 0 spiro atoms. The van der Waals surface area contributed by atoms with Crippen LogP contribution in [0.1, 0.15) is 25.8 Å². The van der Waals surface area contributed by atoms with E-state index in [1.165, 1.54) is 4.90 Å². The van der Waals surface area contributed by atoms with Gasteiger partial charge < -0.3 is 5.32 Å². The topological polar surface area (TPSA) is 49.4 Å². The second-order valence-corrected chi connectivity index (χ2v) is 5.22. The van der Waals surface area contributed by atoms with Gasteiger partial charge in [0.15, 0.2) is 0 Å². The first-order valence-electron chi connectivity index (χ1n) is 6.35. The number of carbonyl (C=O) groups is 2. The van der Waals surface area contributed by atoms with Crippen molar-refractivity contribution in [3.8, 4) is 0 Å². The van der Waals surface area contributed by atoms with E-state index in [4.69, 9.17) is 11.6 Å². The molecular formula is C14H17ClN2O2. The van der Waals surface area contributed by atoms with E-state index in [1.54, 1.807) is 13.0 Å². The number of piperazine rings is 1. The molecule has 1 saturated heterocycles. The molecule has 1 N–H and O–H groups in total. The molecule has 1 aliphatic rings. The van der Waals surface area contributed by atoms with E-state index in [0.717, 1.165) is 5.56 Å². The molecule has 1 aromatic carbocycles. The molecule has 0 aromatic heterocycles. The summed E-state index contributed by atoms with van der Waals surface area (Å²) in [6, 6.07) is 4.46. The highest BCUT2D eigenvalue weighted by molar-refractivity contribution is 6.34. The summed E-state index contributed by atoms with van der Waals surface area (Å²) in [6.45, 7) is 5.49. The van der Waals surface area contributed by atoms with Crippen LogP contribution in [0.5, 0.6) is 0 Å². The lowest BCUT2D eigenvalue weighted by atomic mass is 10.0. The number of halogens is 1. The molecule has 0 bridgehead atoms. The van der Waals surface area contributed by atoms with Crippen molar-refractivity contribution in [2.45, 2.75) is 39.3 Å². The largest absolute Gasteiger partial charge is 0.343 e. The van der Waals surface area contributed by atoms with Crippen molar-refractivity contribution in [1.29, 1.82) is 0 Å². The number of amides is 2. The summed E-state index contributed by atoms with van der Waals surface area (Å²) in [4.78, 5) is 25.9. The van der Waals surface area contributed by atoms with Crippen molar-refractivity contribution in [2.75, 3.05) is 4.90 Å². The molecule has 2 atom stereocenters. The zero-order valence-electron chi connectivity index (χ0n) is 11.2. The lowest BCUT2D eigenvalue weighted by molar-refractivity contribution is -0.133. The first-order valence-corrected chi connectivity index (χ1v) is 6.73. The van der Waals surface area contributed by atoms with Crippen LogP contribution in [0.15, 0.2) is 18.2 Å². The molecule has 0 radical (unpaired) electrons. The molecule has 1 heterocycles. The summed E-state index contributed by atoms with van der Waals surface area (Å²) >= 11 is 6.19. The van der Waals surface area contributed by atoms with Crippen molar-refractivity contribution in [3.05, 3.63) is 28.8 Å². The van der Waals surface area contributed by atoms with Crippen LogP contribution in [-0.2, 0) is 9.59 Å². The minimum atomic E-state index is -0.521. The van der Waals surface area contributed by atoms with E-state index in [9.17, 15) is 9.59 Å². The maximum atomic E-state index is 12.4. The third-order valence-electron chi connectivity index (χ3n) is 3.33. The molecule has 1 fully saturated rings. The van der Waals surface area contributed by atoms with E-state index >= 15 is 0 Å². The summed E-state index contributed by atoms with van der Waals surface area (Å²) in [7, 11) is 0. The van der Waals surface area contributed by atoms with Gasteiger partial charge in [-0.05, 0) is 38.0 Å². The monoisotopic (exact) mass is 280 g/mol. The fourth-order valence-corrected chi connectivity index (χ4v) is 2.52. The van der Waals surface area contributed by atoms with E-state index in [1.807, 2.05) is 26.0 Å². The average Bonchev–Trinajstić information content (AvgIpc) is 2.36. The number of nitrogens with one attached hydrogen (secondary N) is 1. The van der Waals surface area contributed by atoms with E-state index in [0.29, 0.717) is 17.1 Å². The predicted molar refractivity (Wildman–Crippen MR) is 75.4 cm³/mol. The van der Waals surface area contributed by atoms with Crippen LogP contribution in [-0.4, -0.2) is 23.9 Å². The van der Waals surface area contributed by atoms with Crippen LogP contribution < -0.4 is 10.2 Å². The normalized spacial score (nSPS) is 23.5. The molecule has 2 rings (SSSR count).